The Labute approximate surface area is 129 Å². The summed E-state index contributed by atoms with van der Waals surface area (Å²) in [5.41, 5.74) is 0. The minimum absolute atomic E-state index is 0.104. The molecule has 0 radical (unpaired) electrons. The fourth-order valence-electron chi connectivity index (χ4n) is 2.70. The molecule has 5 heteroatoms. The Morgan fingerprint density at radius 1 is 1.38 bits per heavy atom. The van der Waals surface area contributed by atoms with Gasteiger partial charge in [0.05, 0.1) is 0 Å². The molecule has 0 spiro atoms. The second-order valence-corrected chi connectivity index (χ2v) is 6.37. The van der Waals surface area contributed by atoms with E-state index in [1.165, 1.54) is 6.08 Å². The number of piperidine rings is 1. The van der Waals surface area contributed by atoms with Crippen molar-refractivity contribution in [2.24, 2.45) is 0 Å². The van der Waals surface area contributed by atoms with Crippen molar-refractivity contribution in [3.63, 3.8) is 0 Å². The molecule has 1 saturated heterocycles. The molecular formula is C16H21NO3S. The van der Waals surface area contributed by atoms with Gasteiger partial charge in [0.1, 0.15) is 0 Å². The minimum atomic E-state index is -0.478. The summed E-state index contributed by atoms with van der Waals surface area (Å²) in [4.78, 5) is 26.6. The molecule has 21 heavy (non-hydrogen) atoms. The lowest BCUT2D eigenvalue weighted by atomic mass is 9.97. The molecule has 0 aromatic carbocycles. The molecule has 0 bridgehead atoms. The first-order valence-electron chi connectivity index (χ1n) is 7.27. The van der Waals surface area contributed by atoms with Gasteiger partial charge in [0.2, 0.25) is 0 Å². The SMILES string of the molecule is C[C@@H]1CCC[C@H](C)N1C(=O)COC(=O)/C=C/c1cccs1. The van der Waals surface area contributed by atoms with Crippen LogP contribution in [-0.2, 0) is 14.3 Å². The molecule has 2 atom stereocenters. The molecule has 1 aromatic rings. The van der Waals surface area contributed by atoms with Gasteiger partial charge < -0.3 is 9.64 Å². The Kier molecular flexibility index (Phi) is 5.56. The third-order valence-electron chi connectivity index (χ3n) is 3.75. The summed E-state index contributed by atoms with van der Waals surface area (Å²) >= 11 is 1.54. The zero-order chi connectivity index (χ0) is 15.2. The fourth-order valence-corrected chi connectivity index (χ4v) is 3.32. The molecule has 0 N–H and O–H groups in total. The second kappa shape index (κ2) is 7.41. The predicted molar refractivity (Wildman–Crippen MR) is 83.9 cm³/mol. The largest absolute Gasteiger partial charge is 0.452 e. The lowest BCUT2D eigenvalue weighted by Crippen LogP contribution is -2.49. The molecule has 1 aromatic heterocycles. The smallest absolute Gasteiger partial charge is 0.331 e. The summed E-state index contributed by atoms with van der Waals surface area (Å²) in [6.45, 7) is 3.92. The highest BCUT2D eigenvalue weighted by Gasteiger charge is 2.29. The first kappa shape index (κ1) is 15.8. The van der Waals surface area contributed by atoms with E-state index in [9.17, 15) is 9.59 Å². The van der Waals surface area contributed by atoms with Gasteiger partial charge in [-0.1, -0.05) is 6.07 Å². The maximum atomic E-state index is 12.2. The molecule has 4 nitrogen and oxygen atoms in total. The number of carbonyl (C=O) groups is 2. The fraction of sp³-hybridized carbons (Fsp3) is 0.500. The van der Waals surface area contributed by atoms with E-state index >= 15 is 0 Å². The molecule has 2 heterocycles. The standard InChI is InChI=1S/C16H21NO3S/c1-12-5-3-6-13(2)17(12)15(18)11-20-16(19)9-8-14-7-4-10-21-14/h4,7-10,12-13H,3,5-6,11H2,1-2H3/b9-8+/t12-,13+. The number of ether oxygens (including phenoxy) is 1. The zero-order valence-corrected chi connectivity index (χ0v) is 13.3. The minimum Gasteiger partial charge on any atom is -0.452 e. The average Bonchev–Trinajstić information content (AvgIpc) is 2.96. The van der Waals surface area contributed by atoms with Gasteiger partial charge >= 0.3 is 5.97 Å². The van der Waals surface area contributed by atoms with Gasteiger partial charge in [0, 0.05) is 23.0 Å². The number of thiophene rings is 1. The van der Waals surface area contributed by atoms with Crippen LogP contribution in [0.15, 0.2) is 23.6 Å². The highest BCUT2D eigenvalue weighted by molar-refractivity contribution is 7.10. The van der Waals surface area contributed by atoms with E-state index < -0.39 is 5.97 Å². The monoisotopic (exact) mass is 307 g/mol. The first-order chi connectivity index (χ1) is 10.1. The zero-order valence-electron chi connectivity index (χ0n) is 12.5. The molecule has 1 aliphatic heterocycles. The molecule has 0 saturated carbocycles. The summed E-state index contributed by atoms with van der Waals surface area (Å²) in [6, 6.07) is 4.28. The third-order valence-corrected chi connectivity index (χ3v) is 4.58. The number of hydrogen-bond acceptors (Lipinski definition) is 4. The van der Waals surface area contributed by atoms with Gasteiger partial charge in [-0.05, 0) is 50.6 Å². The van der Waals surface area contributed by atoms with E-state index in [4.69, 9.17) is 4.74 Å². The van der Waals surface area contributed by atoms with E-state index in [-0.39, 0.29) is 24.6 Å². The van der Waals surface area contributed by atoms with Crippen molar-refractivity contribution in [1.82, 2.24) is 4.90 Å². The van der Waals surface area contributed by atoms with Crippen molar-refractivity contribution in [1.29, 1.82) is 0 Å². The van der Waals surface area contributed by atoms with Crippen LogP contribution >= 0.6 is 11.3 Å². The summed E-state index contributed by atoms with van der Waals surface area (Å²) in [6.07, 6.45) is 6.24. The average molecular weight is 307 g/mol. The van der Waals surface area contributed by atoms with Crippen LogP contribution in [0.1, 0.15) is 38.0 Å². The van der Waals surface area contributed by atoms with Crippen molar-refractivity contribution in [3.05, 3.63) is 28.5 Å². The number of hydrogen-bond donors (Lipinski definition) is 0. The molecule has 1 amide bonds. The molecule has 0 unspecified atom stereocenters. The topological polar surface area (TPSA) is 46.6 Å². The molecule has 114 valence electrons. The van der Waals surface area contributed by atoms with Gasteiger partial charge in [-0.3, -0.25) is 4.79 Å². The van der Waals surface area contributed by atoms with Gasteiger partial charge in [-0.15, -0.1) is 11.3 Å². The lowest BCUT2D eigenvalue weighted by Gasteiger charge is -2.38. The number of esters is 1. The van der Waals surface area contributed by atoms with E-state index in [1.807, 2.05) is 36.3 Å². The van der Waals surface area contributed by atoms with Crippen molar-refractivity contribution in [3.8, 4) is 0 Å². The van der Waals surface area contributed by atoms with E-state index in [1.54, 1.807) is 17.4 Å². The van der Waals surface area contributed by atoms with Crippen LogP contribution in [0.25, 0.3) is 6.08 Å². The molecule has 0 aliphatic carbocycles. The van der Waals surface area contributed by atoms with Crippen LogP contribution in [0.5, 0.6) is 0 Å². The van der Waals surface area contributed by atoms with E-state index in [2.05, 4.69) is 0 Å². The molecular weight excluding hydrogens is 286 g/mol. The summed E-state index contributed by atoms with van der Waals surface area (Å²) < 4.78 is 5.04. The van der Waals surface area contributed by atoms with Gasteiger partial charge in [-0.2, -0.15) is 0 Å². The Bertz CT molecular complexity index is 500. The van der Waals surface area contributed by atoms with Crippen LogP contribution in [0.3, 0.4) is 0 Å². The Morgan fingerprint density at radius 2 is 2.10 bits per heavy atom. The van der Waals surface area contributed by atoms with Gasteiger partial charge in [-0.25, -0.2) is 4.79 Å². The number of carbonyl (C=O) groups excluding carboxylic acids is 2. The highest BCUT2D eigenvalue weighted by Crippen LogP contribution is 2.22. The van der Waals surface area contributed by atoms with Crippen molar-refractivity contribution in [2.75, 3.05) is 6.61 Å². The van der Waals surface area contributed by atoms with Crippen molar-refractivity contribution >= 4 is 29.3 Å². The Hall–Kier alpha value is -1.62. The highest BCUT2D eigenvalue weighted by atomic mass is 32.1. The van der Waals surface area contributed by atoms with Crippen molar-refractivity contribution in [2.45, 2.75) is 45.2 Å². The maximum absolute atomic E-state index is 12.2. The first-order valence-corrected chi connectivity index (χ1v) is 8.15. The summed E-state index contributed by atoms with van der Waals surface area (Å²) in [5.74, 6) is -0.582. The second-order valence-electron chi connectivity index (χ2n) is 5.39. The molecule has 1 fully saturated rings. The summed E-state index contributed by atoms with van der Waals surface area (Å²) in [7, 11) is 0. The van der Waals surface area contributed by atoms with Crippen LogP contribution < -0.4 is 0 Å². The number of likely N-dealkylation sites (tertiary alicyclic amines) is 1. The van der Waals surface area contributed by atoms with Gasteiger partial charge in [0.25, 0.3) is 5.91 Å². The van der Waals surface area contributed by atoms with Crippen molar-refractivity contribution < 1.29 is 14.3 Å². The van der Waals surface area contributed by atoms with Gasteiger partial charge in [0.15, 0.2) is 6.61 Å². The normalized spacial score (nSPS) is 22.5. The number of rotatable bonds is 4. The molecule has 2 rings (SSSR count). The predicted octanol–water partition coefficient (Wildman–Crippen LogP) is 3.09. The summed E-state index contributed by atoms with van der Waals surface area (Å²) in [5, 5.41) is 1.94. The lowest BCUT2D eigenvalue weighted by molar-refractivity contribution is -0.151. The van der Waals surface area contributed by atoms with Crippen LogP contribution in [0.4, 0.5) is 0 Å². The van der Waals surface area contributed by atoms with Crippen LogP contribution in [0.2, 0.25) is 0 Å². The number of amides is 1. The third kappa shape index (κ3) is 4.43. The maximum Gasteiger partial charge on any atom is 0.331 e. The molecule has 1 aliphatic rings. The van der Waals surface area contributed by atoms with Crippen LogP contribution in [0, 0.1) is 0 Å². The van der Waals surface area contributed by atoms with E-state index in [0.29, 0.717) is 0 Å². The Balaban J connectivity index is 1.81. The quantitative estimate of drug-likeness (QED) is 0.634. The van der Waals surface area contributed by atoms with E-state index in [0.717, 1.165) is 24.1 Å². The Morgan fingerprint density at radius 3 is 2.71 bits per heavy atom. The van der Waals surface area contributed by atoms with Crippen LogP contribution in [-0.4, -0.2) is 35.5 Å². The number of nitrogens with zero attached hydrogens (tertiary/aromatic N) is 1.